The molecule has 17 heavy (non-hydrogen) atoms. The Balaban J connectivity index is 2.41. The highest BCUT2D eigenvalue weighted by molar-refractivity contribution is 7.80. The lowest BCUT2D eigenvalue weighted by Gasteiger charge is -2.14. The highest BCUT2D eigenvalue weighted by Gasteiger charge is 2.07. The second-order valence-corrected chi connectivity index (χ2v) is 4.29. The third-order valence-corrected chi connectivity index (χ3v) is 2.80. The van der Waals surface area contributed by atoms with E-state index in [0.717, 1.165) is 22.5 Å². The van der Waals surface area contributed by atoms with Crippen LogP contribution in [-0.2, 0) is 0 Å². The van der Waals surface area contributed by atoms with E-state index in [0.29, 0.717) is 4.99 Å². The molecule has 0 saturated carbocycles. The molecule has 2 rings (SSSR count). The van der Waals surface area contributed by atoms with Gasteiger partial charge < -0.3 is 11.1 Å². The normalized spacial score (nSPS) is 9.94. The third-order valence-electron chi connectivity index (χ3n) is 2.58. The van der Waals surface area contributed by atoms with Crippen molar-refractivity contribution in [2.75, 3.05) is 5.32 Å². The Bertz CT molecular complexity index is 535. The standard InChI is InChI=1S/C14H14N2S/c1-10-6-5-9-12(14(15)17)13(10)16-11-7-3-2-4-8-11/h2-9,16H,1H3,(H2,15,17). The SMILES string of the molecule is Cc1cccc(C(N)=S)c1Nc1ccccc1. The molecule has 0 fully saturated rings. The number of benzene rings is 2. The third kappa shape index (κ3) is 2.63. The molecule has 2 aromatic carbocycles. The van der Waals surface area contributed by atoms with E-state index in [9.17, 15) is 0 Å². The topological polar surface area (TPSA) is 38.0 Å². The van der Waals surface area contributed by atoms with Crippen LogP contribution in [0.1, 0.15) is 11.1 Å². The highest BCUT2D eigenvalue weighted by atomic mass is 32.1. The molecule has 0 unspecified atom stereocenters. The number of nitrogens with two attached hydrogens (primary N) is 1. The fraction of sp³-hybridized carbons (Fsp3) is 0.0714. The summed E-state index contributed by atoms with van der Waals surface area (Å²) in [6.45, 7) is 2.03. The molecular formula is C14H14N2S. The average Bonchev–Trinajstić information content (AvgIpc) is 2.33. The molecule has 0 aliphatic carbocycles. The number of para-hydroxylation sites is 2. The van der Waals surface area contributed by atoms with Crippen molar-refractivity contribution in [3.63, 3.8) is 0 Å². The Morgan fingerprint density at radius 1 is 1.06 bits per heavy atom. The number of anilines is 2. The monoisotopic (exact) mass is 242 g/mol. The van der Waals surface area contributed by atoms with E-state index in [-0.39, 0.29) is 0 Å². The van der Waals surface area contributed by atoms with E-state index in [4.69, 9.17) is 18.0 Å². The van der Waals surface area contributed by atoms with Gasteiger partial charge in [0.25, 0.3) is 0 Å². The average molecular weight is 242 g/mol. The molecule has 0 aliphatic heterocycles. The van der Waals surface area contributed by atoms with Gasteiger partial charge in [-0.15, -0.1) is 0 Å². The minimum atomic E-state index is 0.409. The van der Waals surface area contributed by atoms with E-state index in [1.165, 1.54) is 0 Å². The molecule has 86 valence electrons. The van der Waals surface area contributed by atoms with Gasteiger partial charge in [0.1, 0.15) is 4.99 Å². The fourth-order valence-electron chi connectivity index (χ4n) is 1.70. The van der Waals surface area contributed by atoms with E-state index in [1.54, 1.807) is 0 Å². The number of aryl methyl sites for hydroxylation is 1. The van der Waals surface area contributed by atoms with Crippen LogP contribution in [0.3, 0.4) is 0 Å². The quantitative estimate of drug-likeness (QED) is 0.810. The van der Waals surface area contributed by atoms with Crippen molar-refractivity contribution in [2.45, 2.75) is 6.92 Å². The van der Waals surface area contributed by atoms with Crippen LogP contribution in [0.2, 0.25) is 0 Å². The first-order chi connectivity index (χ1) is 8.18. The summed E-state index contributed by atoms with van der Waals surface area (Å²) in [5.74, 6) is 0. The maximum Gasteiger partial charge on any atom is 0.106 e. The summed E-state index contributed by atoms with van der Waals surface area (Å²) >= 11 is 5.06. The molecule has 0 heterocycles. The van der Waals surface area contributed by atoms with Gasteiger partial charge in [-0.05, 0) is 30.7 Å². The summed E-state index contributed by atoms with van der Waals surface area (Å²) in [4.78, 5) is 0.409. The van der Waals surface area contributed by atoms with Gasteiger partial charge in [0.2, 0.25) is 0 Å². The van der Waals surface area contributed by atoms with Crippen LogP contribution < -0.4 is 11.1 Å². The molecule has 0 amide bonds. The van der Waals surface area contributed by atoms with Crippen molar-refractivity contribution in [2.24, 2.45) is 5.73 Å². The van der Waals surface area contributed by atoms with Gasteiger partial charge in [0.05, 0.1) is 5.69 Å². The van der Waals surface area contributed by atoms with E-state index < -0.39 is 0 Å². The Hall–Kier alpha value is -1.87. The number of rotatable bonds is 3. The molecule has 3 N–H and O–H groups in total. The van der Waals surface area contributed by atoms with Crippen molar-refractivity contribution in [1.82, 2.24) is 0 Å². The van der Waals surface area contributed by atoms with Crippen LogP contribution in [0.25, 0.3) is 0 Å². The smallest absolute Gasteiger partial charge is 0.106 e. The van der Waals surface area contributed by atoms with Gasteiger partial charge in [0.15, 0.2) is 0 Å². The first kappa shape index (κ1) is 11.6. The number of thiocarbonyl (C=S) groups is 1. The second-order valence-electron chi connectivity index (χ2n) is 3.85. The van der Waals surface area contributed by atoms with Gasteiger partial charge in [-0.3, -0.25) is 0 Å². The van der Waals surface area contributed by atoms with Crippen molar-refractivity contribution >= 4 is 28.6 Å². The largest absolute Gasteiger partial charge is 0.389 e. The zero-order chi connectivity index (χ0) is 12.3. The lowest BCUT2D eigenvalue weighted by atomic mass is 10.1. The van der Waals surface area contributed by atoms with E-state index >= 15 is 0 Å². The van der Waals surface area contributed by atoms with Crippen LogP contribution in [0.4, 0.5) is 11.4 Å². The van der Waals surface area contributed by atoms with Crippen LogP contribution in [0.15, 0.2) is 48.5 Å². The van der Waals surface area contributed by atoms with E-state index in [1.807, 2.05) is 55.5 Å². The fourth-order valence-corrected chi connectivity index (χ4v) is 1.87. The Labute approximate surface area is 106 Å². The zero-order valence-electron chi connectivity index (χ0n) is 9.60. The lowest BCUT2D eigenvalue weighted by Crippen LogP contribution is -2.12. The predicted octanol–water partition coefficient (Wildman–Crippen LogP) is 3.37. The summed E-state index contributed by atoms with van der Waals surface area (Å²) < 4.78 is 0. The number of hydrogen-bond donors (Lipinski definition) is 2. The van der Waals surface area contributed by atoms with Crippen molar-refractivity contribution in [1.29, 1.82) is 0 Å². The van der Waals surface area contributed by atoms with Gasteiger partial charge >= 0.3 is 0 Å². The Morgan fingerprint density at radius 2 is 1.76 bits per heavy atom. The van der Waals surface area contributed by atoms with Crippen molar-refractivity contribution in [3.05, 3.63) is 59.7 Å². The van der Waals surface area contributed by atoms with Gasteiger partial charge in [-0.25, -0.2) is 0 Å². The summed E-state index contributed by atoms with van der Waals surface area (Å²) in [5.41, 5.74) is 9.74. The summed E-state index contributed by atoms with van der Waals surface area (Å²) in [6, 6.07) is 15.9. The van der Waals surface area contributed by atoms with Gasteiger partial charge in [-0.1, -0.05) is 42.5 Å². The van der Waals surface area contributed by atoms with E-state index in [2.05, 4.69) is 5.32 Å². The van der Waals surface area contributed by atoms with Crippen LogP contribution in [0, 0.1) is 6.92 Å². The molecule has 0 bridgehead atoms. The highest BCUT2D eigenvalue weighted by Crippen LogP contribution is 2.24. The molecular weight excluding hydrogens is 228 g/mol. The molecule has 0 saturated heterocycles. The molecule has 0 spiro atoms. The summed E-state index contributed by atoms with van der Waals surface area (Å²) in [5, 5.41) is 3.35. The maximum atomic E-state index is 5.73. The van der Waals surface area contributed by atoms with Gasteiger partial charge in [0, 0.05) is 11.3 Å². The molecule has 0 aromatic heterocycles. The molecule has 2 nitrogen and oxygen atoms in total. The first-order valence-corrected chi connectivity index (χ1v) is 5.81. The van der Waals surface area contributed by atoms with Crippen molar-refractivity contribution < 1.29 is 0 Å². The summed E-state index contributed by atoms with van der Waals surface area (Å²) in [7, 11) is 0. The van der Waals surface area contributed by atoms with Crippen LogP contribution >= 0.6 is 12.2 Å². The number of hydrogen-bond acceptors (Lipinski definition) is 2. The minimum Gasteiger partial charge on any atom is -0.389 e. The minimum absolute atomic E-state index is 0.409. The van der Waals surface area contributed by atoms with Crippen molar-refractivity contribution in [3.8, 4) is 0 Å². The number of nitrogens with one attached hydrogen (secondary N) is 1. The molecule has 3 heteroatoms. The predicted molar refractivity (Wildman–Crippen MR) is 76.8 cm³/mol. The molecule has 2 aromatic rings. The first-order valence-electron chi connectivity index (χ1n) is 5.40. The van der Waals surface area contributed by atoms with Crippen LogP contribution in [0.5, 0.6) is 0 Å². The summed E-state index contributed by atoms with van der Waals surface area (Å²) in [6.07, 6.45) is 0. The lowest BCUT2D eigenvalue weighted by molar-refractivity contribution is 1.41. The second kappa shape index (κ2) is 4.97. The Morgan fingerprint density at radius 3 is 2.41 bits per heavy atom. The molecule has 0 radical (unpaired) electrons. The van der Waals surface area contributed by atoms with Gasteiger partial charge in [-0.2, -0.15) is 0 Å². The van der Waals surface area contributed by atoms with Crippen LogP contribution in [-0.4, -0.2) is 4.99 Å². The molecule has 0 atom stereocenters. The Kier molecular flexibility index (Phi) is 3.40. The maximum absolute atomic E-state index is 5.73. The zero-order valence-corrected chi connectivity index (χ0v) is 10.4. The molecule has 0 aliphatic rings.